The summed E-state index contributed by atoms with van der Waals surface area (Å²) in [6, 6.07) is 9.29. The SMILES string of the molecule is COc1ccc(COc2cc(Br)c(OC)cc2Br)cc1N. The van der Waals surface area contributed by atoms with Gasteiger partial charge in [0.1, 0.15) is 23.9 Å². The zero-order valence-corrected chi connectivity index (χ0v) is 14.8. The quantitative estimate of drug-likeness (QED) is 0.734. The van der Waals surface area contributed by atoms with Gasteiger partial charge in [0.05, 0.1) is 28.9 Å². The lowest BCUT2D eigenvalue weighted by molar-refractivity contribution is 0.303. The van der Waals surface area contributed by atoms with E-state index in [9.17, 15) is 0 Å². The normalized spacial score (nSPS) is 10.3. The van der Waals surface area contributed by atoms with Crippen LogP contribution in [0.4, 0.5) is 5.69 Å². The van der Waals surface area contributed by atoms with Gasteiger partial charge in [-0.05, 0) is 61.7 Å². The molecule has 0 heterocycles. The highest BCUT2D eigenvalue weighted by Gasteiger charge is 2.09. The fourth-order valence-electron chi connectivity index (χ4n) is 1.81. The summed E-state index contributed by atoms with van der Waals surface area (Å²) in [5.41, 5.74) is 7.44. The number of nitrogens with two attached hydrogens (primary N) is 1. The van der Waals surface area contributed by atoms with E-state index in [2.05, 4.69) is 31.9 Å². The average Bonchev–Trinajstić information content (AvgIpc) is 2.47. The standard InChI is InChI=1S/C15H15Br2NO3/c1-19-13-4-3-9(5-12(13)18)8-21-15-7-10(16)14(20-2)6-11(15)17/h3-7H,8,18H2,1-2H3. The Hall–Kier alpha value is -1.40. The molecule has 4 nitrogen and oxygen atoms in total. The van der Waals surface area contributed by atoms with E-state index in [0.717, 1.165) is 26.0 Å². The summed E-state index contributed by atoms with van der Waals surface area (Å²) in [7, 11) is 3.21. The van der Waals surface area contributed by atoms with Gasteiger partial charge in [-0.2, -0.15) is 0 Å². The van der Waals surface area contributed by atoms with Gasteiger partial charge in [0.2, 0.25) is 0 Å². The van der Waals surface area contributed by atoms with Crippen LogP contribution in [0, 0.1) is 0 Å². The second-order valence-corrected chi connectivity index (χ2v) is 5.99. The Labute approximate surface area is 140 Å². The van der Waals surface area contributed by atoms with Gasteiger partial charge in [0.15, 0.2) is 0 Å². The second-order valence-electron chi connectivity index (χ2n) is 4.28. The van der Waals surface area contributed by atoms with Crippen molar-refractivity contribution in [3.63, 3.8) is 0 Å². The molecular weight excluding hydrogens is 402 g/mol. The number of methoxy groups -OCH3 is 2. The van der Waals surface area contributed by atoms with Crippen molar-refractivity contribution in [2.45, 2.75) is 6.61 Å². The van der Waals surface area contributed by atoms with Crippen LogP contribution in [-0.2, 0) is 6.61 Å². The third-order valence-electron chi connectivity index (χ3n) is 2.89. The van der Waals surface area contributed by atoms with Crippen LogP contribution in [0.25, 0.3) is 0 Å². The summed E-state index contributed by atoms with van der Waals surface area (Å²) in [6.45, 7) is 0.408. The number of benzene rings is 2. The first kappa shape index (κ1) is 16.0. The summed E-state index contributed by atoms with van der Waals surface area (Å²) >= 11 is 6.90. The third kappa shape index (κ3) is 3.83. The minimum atomic E-state index is 0.408. The molecule has 112 valence electrons. The zero-order valence-electron chi connectivity index (χ0n) is 11.7. The average molecular weight is 417 g/mol. The fraction of sp³-hybridized carbons (Fsp3) is 0.200. The lowest BCUT2D eigenvalue weighted by Gasteiger charge is -2.12. The Morgan fingerprint density at radius 2 is 1.52 bits per heavy atom. The molecule has 0 aliphatic heterocycles. The van der Waals surface area contributed by atoms with Crippen molar-refractivity contribution >= 4 is 37.5 Å². The van der Waals surface area contributed by atoms with Crippen molar-refractivity contribution in [2.75, 3.05) is 20.0 Å². The van der Waals surface area contributed by atoms with Gasteiger partial charge in [-0.25, -0.2) is 0 Å². The Balaban J connectivity index is 2.13. The van der Waals surface area contributed by atoms with Crippen molar-refractivity contribution in [1.82, 2.24) is 0 Å². The molecule has 0 atom stereocenters. The summed E-state index contributed by atoms with van der Waals surface area (Å²) in [6.07, 6.45) is 0. The van der Waals surface area contributed by atoms with E-state index >= 15 is 0 Å². The van der Waals surface area contributed by atoms with E-state index in [1.54, 1.807) is 14.2 Å². The highest BCUT2D eigenvalue weighted by molar-refractivity contribution is 9.11. The molecular formula is C15H15Br2NO3. The largest absolute Gasteiger partial charge is 0.496 e. The van der Waals surface area contributed by atoms with Crippen molar-refractivity contribution in [3.8, 4) is 17.2 Å². The Kier molecular flexibility index (Phi) is 5.36. The Morgan fingerprint density at radius 1 is 0.905 bits per heavy atom. The van der Waals surface area contributed by atoms with Gasteiger partial charge in [-0.3, -0.25) is 0 Å². The number of ether oxygens (including phenoxy) is 3. The molecule has 0 bridgehead atoms. The second kappa shape index (κ2) is 7.04. The van der Waals surface area contributed by atoms with Crippen LogP contribution in [0.5, 0.6) is 17.2 Å². The maximum atomic E-state index is 5.88. The highest BCUT2D eigenvalue weighted by atomic mass is 79.9. The first-order valence-electron chi connectivity index (χ1n) is 6.13. The summed E-state index contributed by atoms with van der Waals surface area (Å²) in [5, 5.41) is 0. The molecule has 0 aliphatic carbocycles. The van der Waals surface area contributed by atoms with Crippen molar-refractivity contribution in [1.29, 1.82) is 0 Å². The van der Waals surface area contributed by atoms with Gasteiger partial charge in [-0.15, -0.1) is 0 Å². The van der Waals surface area contributed by atoms with Crippen LogP contribution >= 0.6 is 31.9 Å². The van der Waals surface area contributed by atoms with Gasteiger partial charge in [-0.1, -0.05) is 6.07 Å². The van der Waals surface area contributed by atoms with Crippen molar-refractivity contribution in [3.05, 3.63) is 44.8 Å². The number of nitrogen functional groups attached to an aromatic ring is 1. The van der Waals surface area contributed by atoms with Crippen LogP contribution < -0.4 is 19.9 Å². The number of hydrogen-bond donors (Lipinski definition) is 1. The molecule has 21 heavy (non-hydrogen) atoms. The molecule has 0 saturated carbocycles. The summed E-state index contributed by atoms with van der Waals surface area (Å²) in [5.74, 6) is 2.12. The van der Waals surface area contributed by atoms with E-state index < -0.39 is 0 Å². The molecule has 6 heteroatoms. The predicted molar refractivity (Wildman–Crippen MR) is 90.1 cm³/mol. The fourth-order valence-corrected chi connectivity index (χ4v) is 2.73. The Morgan fingerprint density at radius 3 is 2.14 bits per heavy atom. The van der Waals surface area contributed by atoms with Gasteiger partial charge >= 0.3 is 0 Å². The molecule has 0 saturated heterocycles. The maximum Gasteiger partial charge on any atom is 0.141 e. The van der Waals surface area contributed by atoms with Gasteiger partial charge in [0.25, 0.3) is 0 Å². The smallest absolute Gasteiger partial charge is 0.141 e. The van der Waals surface area contributed by atoms with Crippen LogP contribution in [0.3, 0.4) is 0 Å². The Bertz CT molecular complexity index is 647. The molecule has 2 rings (SSSR count). The highest BCUT2D eigenvalue weighted by Crippen LogP contribution is 2.36. The number of anilines is 1. The first-order valence-corrected chi connectivity index (χ1v) is 7.72. The molecule has 0 unspecified atom stereocenters. The van der Waals surface area contributed by atoms with Gasteiger partial charge in [0, 0.05) is 0 Å². The van der Waals surface area contributed by atoms with E-state index in [0.29, 0.717) is 18.0 Å². The van der Waals surface area contributed by atoms with E-state index in [1.807, 2.05) is 30.3 Å². The van der Waals surface area contributed by atoms with E-state index in [1.165, 1.54) is 0 Å². The molecule has 0 spiro atoms. The molecule has 2 aromatic rings. The first-order chi connectivity index (χ1) is 10.0. The maximum absolute atomic E-state index is 5.88. The molecule has 2 N–H and O–H groups in total. The monoisotopic (exact) mass is 415 g/mol. The summed E-state index contributed by atoms with van der Waals surface area (Å²) < 4.78 is 17.8. The topological polar surface area (TPSA) is 53.7 Å². The van der Waals surface area contributed by atoms with E-state index in [4.69, 9.17) is 19.9 Å². The van der Waals surface area contributed by atoms with Crippen molar-refractivity contribution in [2.24, 2.45) is 0 Å². The summed E-state index contributed by atoms with van der Waals surface area (Å²) in [4.78, 5) is 0. The lowest BCUT2D eigenvalue weighted by Crippen LogP contribution is -1.99. The zero-order chi connectivity index (χ0) is 15.4. The molecule has 0 aromatic heterocycles. The molecule has 0 radical (unpaired) electrons. The van der Waals surface area contributed by atoms with Crippen LogP contribution in [0.2, 0.25) is 0 Å². The lowest BCUT2D eigenvalue weighted by atomic mass is 10.2. The molecule has 0 aliphatic rings. The molecule has 0 fully saturated rings. The number of rotatable bonds is 5. The van der Waals surface area contributed by atoms with Crippen LogP contribution in [0.15, 0.2) is 39.3 Å². The minimum absolute atomic E-state index is 0.408. The van der Waals surface area contributed by atoms with Gasteiger partial charge < -0.3 is 19.9 Å². The number of halogens is 2. The minimum Gasteiger partial charge on any atom is -0.496 e. The van der Waals surface area contributed by atoms with Crippen molar-refractivity contribution < 1.29 is 14.2 Å². The number of hydrogen-bond acceptors (Lipinski definition) is 4. The molecule has 2 aromatic carbocycles. The third-order valence-corrected chi connectivity index (χ3v) is 4.13. The van der Waals surface area contributed by atoms with Crippen LogP contribution in [-0.4, -0.2) is 14.2 Å². The van der Waals surface area contributed by atoms with E-state index in [-0.39, 0.29) is 0 Å². The van der Waals surface area contributed by atoms with Crippen LogP contribution in [0.1, 0.15) is 5.56 Å². The predicted octanol–water partition coefficient (Wildman–Crippen LogP) is 4.39. The molecule has 0 amide bonds.